The van der Waals surface area contributed by atoms with E-state index in [0.717, 1.165) is 25.9 Å². The summed E-state index contributed by atoms with van der Waals surface area (Å²) in [6.45, 7) is 1.97. The minimum Gasteiger partial charge on any atom is -0.460 e. The van der Waals surface area contributed by atoms with Crippen molar-refractivity contribution in [2.45, 2.75) is 57.5 Å². The lowest BCUT2D eigenvalue weighted by molar-refractivity contribution is 0.142. The smallest absolute Gasteiger partial charge is 0.323 e. The van der Waals surface area contributed by atoms with Gasteiger partial charge in [-0.15, -0.1) is 0 Å². The van der Waals surface area contributed by atoms with Crippen LogP contribution in [0.15, 0.2) is 0 Å². The standard InChI is InChI=1S/C14H24N6O/c15-19-12-16-13(20-9-5-2-6-10-20)18-14(17-12)21-11-7-3-1-4-8-11/h11H,1-10,15H2,(H,16,17,18,19). The normalized spacial score (nSPS) is 20.3. The maximum Gasteiger partial charge on any atom is 0.323 e. The van der Waals surface area contributed by atoms with Gasteiger partial charge >= 0.3 is 6.01 Å². The lowest BCUT2D eigenvalue weighted by Crippen LogP contribution is -2.32. The van der Waals surface area contributed by atoms with E-state index in [0.29, 0.717) is 17.9 Å². The van der Waals surface area contributed by atoms with Gasteiger partial charge in [0.2, 0.25) is 11.9 Å². The molecule has 0 spiro atoms. The van der Waals surface area contributed by atoms with Gasteiger partial charge in [-0.05, 0) is 44.9 Å². The maximum absolute atomic E-state index is 5.94. The van der Waals surface area contributed by atoms with Gasteiger partial charge in [-0.1, -0.05) is 6.42 Å². The SMILES string of the molecule is NNc1nc(OC2CCCCC2)nc(N2CCCCC2)n1. The third-order valence-electron chi connectivity index (χ3n) is 4.20. The topological polar surface area (TPSA) is 89.2 Å². The molecule has 0 unspecified atom stereocenters. The van der Waals surface area contributed by atoms with Gasteiger partial charge in [0, 0.05) is 13.1 Å². The fourth-order valence-electron chi connectivity index (χ4n) is 3.03. The Hall–Kier alpha value is -1.63. The molecular weight excluding hydrogens is 268 g/mol. The van der Waals surface area contributed by atoms with Gasteiger partial charge in [-0.25, -0.2) is 5.84 Å². The lowest BCUT2D eigenvalue weighted by atomic mass is 9.98. The quantitative estimate of drug-likeness (QED) is 0.646. The minimum absolute atomic E-state index is 0.223. The number of hydrogen-bond donors (Lipinski definition) is 2. The Bertz CT molecular complexity index is 457. The molecule has 2 aliphatic rings. The molecule has 1 aromatic rings. The Labute approximate surface area is 125 Å². The average molecular weight is 292 g/mol. The molecule has 2 heterocycles. The van der Waals surface area contributed by atoms with E-state index in [1.807, 2.05) is 0 Å². The first-order valence-corrected chi connectivity index (χ1v) is 7.99. The molecular formula is C14H24N6O. The van der Waals surface area contributed by atoms with Gasteiger partial charge < -0.3 is 9.64 Å². The summed E-state index contributed by atoms with van der Waals surface area (Å²) in [4.78, 5) is 15.3. The molecule has 116 valence electrons. The van der Waals surface area contributed by atoms with Crippen LogP contribution in [0.5, 0.6) is 6.01 Å². The van der Waals surface area contributed by atoms with Gasteiger partial charge in [-0.2, -0.15) is 15.0 Å². The molecule has 1 aromatic heterocycles. The summed E-state index contributed by atoms with van der Waals surface area (Å²) < 4.78 is 5.94. The van der Waals surface area contributed by atoms with E-state index in [1.165, 1.54) is 38.5 Å². The van der Waals surface area contributed by atoms with Crippen molar-refractivity contribution in [2.75, 3.05) is 23.4 Å². The number of anilines is 2. The van der Waals surface area contributed by atoms with Crippen molar-refractivity contribution in [1.29, 1.82) is 0 Å². The Balaban J connectivity index is 1.75. The third kappa shape index (κ3) is 3.72. The number of ether oxygens (including phenoxy) is 1. The molecule has 1 saturated carbocycles. The lowest BCUT2D eigenvalue weighted by Gasteiger charge is -2.27. The third-order valence-corrected chi connectivity index (χ3v) is 4.20. The summed E-state index contributed by atoms with van der Waals surface area (Å²) >= 11 is 0. The van der Waals surface area contributed by atoms with Crippen molar-refractivity contribution < 1.29 is 4.74 Å². The summed E-state index contributed by atoms with van der Waals surface area (Å²) in [7, 11) is 0. The van der Waals surface area contributed by atoms with Crippen LogP contribution in [0.4, 0.5) is 11.9 Å². The largest absolute Gasteiger partial charge is 0.460 e. The number of nitrogens with two attached hydrogens (primary N) is 1. The highest BCUT2D eigenvalue weighted by Crippen LogP contribution is 2.24. The number of nitrogen functional groups attached to an aromatic ring is 1. The van der Waals surface area contributed by atoms with E-state index in [9.17, 15) is 0 Å². The Morgan fingerprint density at radius 1 is 0.952 bits per heavy atom. The van der Waals surface area contributed by atoms with E-state index in [4.69, 9.17) is 10.6 Å². The Morgan fingerprint density at radius 3 is 2.38 bits per heavy atom. The number of piperidine rings is 1. The first-order chi connectivity index (χ1) is 10.3. The van der Waals surface area contributed by atoms with Crippen molar-refractivity contribution in [1.82, 2.24) is 15.0 Å². The van der Waals surface area contributed by atoms with Crippen molar-refractivity contribution in [3.05, 3.63) is 0 Å². The molecule has 1 aliphatic carbocycles. The zero-order valence-electron chi connectivity index (χ0n) is 12.4. The van der Waals surface area contributed by atoms with Crippen LogP contribution in [-0.4, -0.2) is 34.1 Å². The maximum atomic E-state index is 5.94. The molecule has 0 bridgehead atoms. The van der Waals surface area contributed by atoms with Crippen LogP contribution in [0.25, 0.3) is 0 Å². The molecule has 1 aliphatic heterocycles. The van der Waals surface area contributed by atoms with E-state index >= 15 is 0 Å². The summed E-state index contributed by atoms with van der Waals surface area (Å²) in [5, 5.41) is 0. The first kappa shape index (κ1) is 14.3. The number of nitrogens with one attached hydrogen (secondary N) is 1. The van der Waals surface area contributed by atoms with E-state index in [-0.39, 0.29) is 6.10 Å². The van der Waals surface area contributed by atoms with E-state index in [2.05, 4.69) is 25.3 Å². The molecule has 7 nitrogen and oxygen atoms in total. The summed E-state index contributed by atoms with van der Waals surface area (Å²) in [5.74, 6) is 6.51. The second-order valence-electron chi connectivity index (χ2n) is 5.81. The Kier molecular flexibility index (Phi) is 4.69. The highest BCUT2D eigenvalue weighted by atomic mass is 16.5. The Morgan fingerprint density at radius 2 is 1.67 bits per heavy atom. The summed E-state index contributed by atoms with van der Waals surface area (Å²) in [6, 6.07) is 0.394. The van der Waals surface area contributed by atoms with Crippen LogP contribution >= 0.6 is 0 Å². The molecule has 0 atom stereocenters. The molecule has 0 radical (unpaired) electrons. The van der Waals surface area contributed by atoms with Crippen molar-refractivity contribution in [2.24, 2.45) is 5.84 Å². The highest BCUT2D eigenvalue weighted by molar-refractivity contribution is 5.38. The van der Waals surface area contributed by atoms with Crippen LogP contribution in [-0.2, 0) is 0 Å². The molecule has 3 N–H and O–H groups in total. The molecule has 7 heteroatoms. The molecule has 21 heavy (non-hydrogen) atoms. The van der Waals surface area contributed by atoms with Crippen molar-refractivity contribution in [3.8, 4) is 6.01 Å². The van der Waals surface area contributed by atoms with Gasteiger partial charge in [-0.3, -0.25) is 5.43 Å². The van der Waals surface area contributed by atoms with Crippen molar-refractivity contribution in [3.63, 3.8) is 0 Å². The van der Waals surface area contributed by atoms with Crippen LogP contribution in [0.1, 0.15) is 51.4 Å². The molecule has 3 rings (SSSR count). The second kappa shape index (κ2) is 6.89. The fourth-order valence-corrected chi connectivity index (χ4v) is 3.03. The second-order valence-corrected chi connectivity index (χ2v) is 5.81. The van der Waals surface area contributed by atoms with Gasteiger partial charge in [0.1, 0.15) is 6.10 Å². The van der Waals surface area contributed by atoms with Crippen LogP contribution in [0.2, 0.25) is 0 Å². The molecule has 2 fully saturated rings. The van der Waals surface area contributed by atoms with Crippen molar-refractivity contribution >= 4 is 11.9 Å². The first-order valence-electron chi connectivity index (χ1n) is 7.99. The highest BCUT2D eigenvalue weighted by Gasteiger charge is 2.20. The minimum atomic E-state index is 0.223. The molecule has 1 saturated heterocycles. The van der Waals surface area contributed by atoms with E-state index in [1.54, 1.807) is 0 Å². The number of rotatable bonds is 4. The number of hydrazine groups is 1. The average Bonchev–Trinajstić information content (AvgIpc) is 2.56. The predicted molar refractivity (Wildman–Crippen MR) is 81.2 cm³/mol. The number of nitrogens with zero attached hydrogens (tertiary/aromatic N) is 4. The summed E-state index contributed by atoms with van der Waals surface area (Å²) in [5.41, 5.74) is 2.52. The fraction of sp³-hybridized carbons (Fsp3) is 0.786. The summed E-state index contributed by atoms with van der Waals surface area (Å²) in [6.07, 6.45) is 9.74. The van der Waals surface area contributed by atoms with Gasteiger partial charge in [0.05, 0.1) is 0 Å². The zero-order chi connectivity index (χ0) is 14.5. The van der Waals surface area contributed by atoms with Crippen LogP contribution < -0.4 is 20.9 Å². The van der Waals surface area contributed by atoms with Gasteiger partial charge in [0.25, 0.3) is 0 Å². The predicted octanol–water partition coefficient (Wildman–Crippen LogP) is 1.86. The molecule has 0 aromatic carbocycles. The van der Waals surface area contributed by atoms with Crippen LogP contribution in [0.3, 0.4) is 0 Å². The van der Waals surface area contributed by atoms with Crippen LogP contribution in [0, 0.1) is 0 Å². The number of aromatic nitrogens is 3. The van der Waals surface area contributed by atoms with Gasteiger partial charge in [0.15, 0.2) is 0 Å². The zero-order valence-corrected chi connectivity index (χ0v) is 12.4. The van der Waals surface area contributed by atoms with E-state index < -0.39 is 0 Å². The number of hydrogen-bond acceptors (Lipinski definition) is 7. The molecule has 0 amide bonds. The monoisotopic (exact) mass is 292 g/mol.